The molecule has 0 aromatic carbocycles. The van der Waals surface area contributed by atoms with Crippen LogP contribution < -0.4 is 5.73 Å². The van der Waals surface area contributed by atoms with E-state index in [2.05, 4.69) is 6.92 Å². The van der Waals surface area contributed by atoms with Crippen LogP contribution in [0.1, 0.15) is 45.4 Å². The Labute approximate surface area is 84.5 Å². The average Bonchev–Trinajstić information content (AvgIpc) is 2.02. The zero-order valence-electron chi connectivity index (χ0n) is 8.66. The van der Waals surface area contributed by atoms with Crippen LogP contribution in [0.15, 0.2) is 0 Å². The molecule has 0 aliphatic carbocycles. The number of hydrogen-bond donors (Lipinski definition) is 2. The van der Waals surface area contributed by atoms with Crippen LogP contribution in [0.2, 0.25) is 0 Å². The summed E-state index contributed by atoms with van der Waals surface area (Å²) in [6.07, 6.45) is 4.17. The Hall–Kier alpha value is -1.06. The molecule has 0 saturated heterocycles. The predicted molar refractivity (Wildman–Crippen MR) is 53.7 cm³/mol. The van der Waals surface area contributed by atoms with Gasteiger partial charge in [0.05, 0.1) is 0 Å². The number of primary amides is 1. The molecule has 0 spiro atoms. The Morgan fingerprint density at radius 3 is 2.36 bits per heavy atom. The Morgan fingerprint density at radius 2 is 1.93 bits per heavy atom. The number of unbranched alkanes of at least 4 members (excludes halogenated alkanes) is 2. The molecular weight excluding hydrogens is 182 g/mol. The molecule has 0 heterocycles. The minimum Gasteiger partial charge on any atom is -0.481 e. The van der Waals surface area contributed by atoms with Crippen molar-refractivity contribution in [2.75, 3.05) is 0 Å². The number of aliphatic carboxylic acids is 1. The maximum Gasteiger partial charge on any atom is 0.303 e. The second kappa shape index (κ2) is 7.35. The molecule has 0 radical (unpaired) electrons. The molecule has 0 bridgehead atoms. The van der Waals surface area contributed by atoms with E-state index < -0.39 is 11.9 Å². The Kier molecular flexibility index (Phi) is 6.80. The third-order valence-electron chi connectivity index (χ3n) is 2.17. The van der Waals surface area contributed by atoms with E-state index in [-0.39, 0.29) is 18.8 Å². The molecule has 0 rings (SSSR count). The summed E-state index contributed by atoms with van der Waals surface area (Å²) < 4.78 is 0. The van der Waals surface area contributed by atoms with Gasteiger partial charge in [0.2, 0.25) is 5.91 Å². The number of nitrogens with two attached hydrogens (primary N) is 1. The lowest BCUT2D eigenvalue weighted by molar-refractivity contribution is -0.138. The quantitative estimate of drug-likeness (QED) is 0.584. The van der Waals surface area contributed by atoms with Gasteiger partial charge in [-0.3, -0.25) is 9.59 Å². The largest absolute Gasteiger partial charge is 0.481 e. The van der Waals surface area contributed by atoms with Gasteiger partial charge in [-0.1, -0.05) is 26.2 Å². The van der Waals surface area contributed by atoms with E-state index in [4.69, 9.17) is 10.8 Å². The zero-order valence-corrected chi connectivity index (χ0v) is 8.66. The lowest BCUT2D eigenvalue weighted by atomic mass is 9.94. The molecule has 3 N–H and O–H groups in total. The van der Waals surface area contributed by atoms with Gasteiger partial charge < -0.3 is 10.8 Å². The highest BCUT2D eigenvalue weighted by Crippen LogP contribution is 2.17. The summed E-state index contributed by atoms with van der Waals surface area (Å²) >= 11 is 0. The van der Waals surface area contributed by atoms with Crippen LogP contribution in [0.25, 0.3) is 0 Å². The van der Waals surface area contributed by atoms with Crippen molar-refractivity contribution in [3.63, 3.8) is 0 Å². The standard InChI is InChI=1S/C10H19NO3/c1-2-3-4-5-8(6-9(11)12)7-10(13)14/h8H,2-7H2,1H3,(H2,11,12)(H,13,14). The first-order valence-electron chi connectivity index (χ1n) is 5.06. The van der Waals surface area contributed by atoms with Gasteiger partial charge in [-0.05, 0) is 12.3 Å². The Morgan fingerprint density at radius 1 is 1.29 bits per heavy atom. The summed E-state index contributed by atoms with van der Waals surface area (Å²) in [5.41, 5.74) is 5.04. The lowest BCUT2D eigenvalue weighted by Crippen LogP contribution is -2.18. The first-order valence-corrected chi connectivity index (χ1v) is 5.06. The molecule has 1 atom stereocenters. The molecule has 0 aromatic heterocycles. The van der Waals surface area contributed by atoms with E-state index in [1.165, 1.54) is 0 Å². The molecule has 4 nitrogen and oxygen atoms in total. The number of hydrogen-bond acceptors (Lipinski definition) is 2. The summed E-state index contributed by atoms with van der Waals surface area (Å²) in [4.78, 5) is 21.1. The lowest BCUT2D eigenvalue weighted by Gasteiger charge is -2.11. The summed E-state index contributed by atoms with van der Waals surface area (Å²) in [6.45, 7) is 2.08. The highest BCUT2D eigenvalue weighted by molar-refractivity contribution is 5.75. The molecule has 0 saturated carbocycles. The van der Waals surface area contributed by atoms with Crippen LogP contribution in [-0.2, 0) is 9.59 Å². The van der Waals surface area contributed by atoms with E-state index in [9.17, 15) is 9.59 Å². The second-order valence-electron chi connectivity index (χ2n) is 3.63. The zero-order chi connectivity index (χ0) is 11.0. The Balaban J connectivity index is 3.84. The fraction of sp³-hybridized carbons (Fsp3) is 0.800. The maximum atomic E-state index is 10.7. The minimum atomic E-state index is -0.854. The molecule has 82 valence electrons. The third kappa shape index (κ3) is 7.58. The highest BCUT2D eigenvalue weighted by atomic mass is 16.4. The molecular formula is C10H19NO3. The van der Waals surface area contributed by atoms with Crippen molar-refractivity contribution < 1.29 is 14.7 Å². The predicted octanol–water partition coefficient (Wildman–Crippen LogP) is 1.53. The number of rotatable bonds is 8. The molecule has 0 fully saturated rings. The van der Waals surface area contributed by atoms with Crippen molar-refractivity contribution in [2.45, 2.75) is 45.4 Å². The van der Waals surface area contributed by atoms with Gasteiger partial charge in [0.25, 0.3) is 0 Å². The highest BCUT2D eigenvalue weighted by Gasteiger charge is 2.15. The van der Waals surface area contributed by atoms with Crippen LogP contribution in [0.4, 0.5) is 0 Å². The summed E-state index contributed by atoms with van der Waals surface area (Å²) in [6, 6.07) is 0. The summed E-state index contributed by atoms with van der Waals surface area (Å²) in [5.74, 6) is -1.35. The monoisotopic (exact) mass is 201 g/mol. The Bertz CT molecular complexity index is 176. The van der Waals surface area contributed by atoms with Crippen LogP contribution in [0, 0.1) is 5.92 Å². The van der Waals surface area contributed by atoms with Crippen molar-refractivity contribution in [3.8, 4) is 0 Å². The van der Waals surface area contributed by atoms with Crippen molar-refractivity contribution in [1.82, 2.24) is 0 Å². The van der Waals surface area contributed by atoms with Crippen LogP contribution in [0.5, 0.6) is 0 Å². The van der Waals surface area contributed by atoms with E-state index in [0.717, 1.165) is 25.7 Å². The van der Waals surface area contributed by atoms with Gasteiger partial charge in [-0.25, -0.2) is 0 Å². The van der Waals surface area contributed by atoms with E-state index in [1.807, 2.05) is 0 Å². The molecule has 1 amide bonds. The topological polar surface area (TPSA) is 80.4 Å². The van der Waals surface area contributed by atoms with Gasteiger partial charge in [0.15, 0.2) is 0 Å². The van der Waals surface area contributed by atoms with Gasteiger partial charge in [0, 0.05) is 12.8 Å². The summed E-state index contributed by atoms with van der Waals surface area (Å²) in [7, 11) is 0. The van der Waals surface area contributed by atoms with Gasteiger partial charge in [-0.15, -0.1) is 0 Å². The van der Waals surface area contributed by atoms with Crippen molar-refractivity contribution in [1.29, 1.82) is 0 Å². The van der Waals surface area contributed by atoms with Gasteiger partial charge >= 0.3 is 5.97 Å². The summed E-state index contributed by atoms with van der Waals surface area (Å²) in [5, 5.41) is 8.60. The number of carbonyl (C=O) groups is 2. The van der Waals surface area contributed by atoms with Crippen molar-refractivity contribution in [3.05, 3.63) is 0 Å². The third-order valence-corrected chi connectivity index (χ3v) is 2.17. The normalized spacial score (nSPS) is 12.4. The first kappa shape index (κ1) is 12.9. The van der Waals surface area contributed by atoms with Crippen LogP contribution in [-0.4, -0.2) is 17.0 Å². The van der Waals surface area contributed by atoms with Crippen molar-refractivity contribution >= 4 is 11.9 Å². The van der Waals surface area contributed by atoms with E-state index >= 15 is 0 Å². The maximum absolute atomic E-state index is 10.7. The molecule has 0 aliphatic rings. The van der Waals surface area contributed by atoms with E-state index in [0.29, 0.717) is 0 Å². The van der Waals surface area contributed by atoms with Crippen LogP contribution in [0.3, 0.4) is 0 Å². The van der Waals surface area contributed by atoms with Gasteiger partial charge in [-0.2, -0.15) is 0 Å². The molecule has 4 heteroatoms. The minimum absolute atomic E-state index is 0.0483. The SMILES string of the molecule is CCCCCC(CC(N)=O)CC(=O)O. The number of amides is 1. The fourth-order valence-electron chi connectivity index (χ4n) is 1.49. The number of carboxylic acids is 1. The molecule has 0 aliphatic heterocycles. The first-order chi connectivity index (χ1) is 6.56. The molecule has 0 aromatic rings. The second-order valence-corrected chi connectivity index (χ2v) is 3.63. The smallest absolute Gasteiger partial charge is 0.303 e. The fourth-order valence-corrected chi connectivity index (χ4v) is 1.49. The molecule has 1 unspecified atom stereocenters. The average molecular weight is 201 g/mol. The van der Waals surface area contributed by atoms with Gasteiger partial charge in [0.1, 0.15) is 0 Å². The number of carbonyl (C=O) groups excluding carboxylic acids is 1. The molecule has 14 heavy (non-hydrogen) atoms. The van der Waals surface area contributed by atoms with Crippen molar-refractivity contribution in [2.24, 2.45) is 11.7 Å². The number of carboxylic acid groups (broad SMARTS) is 1. The van der Waals surface area contributed by atoms with Crippen LogP contribution >= 0.6 is 0 Å². The van der Waals surface area contributed by atoms with E-state index in [1.54, 1.807) is 0 Å².